The Balaban J connectivity index is 1.00. The van der Waals surface area contributed by atoms with Gasteiger partial charge in [0.25, 0.3) is 6.71 Å². The van der Waals surface area contributed by atoms with Crippen molar-refractivity contribution in [2.24, 2.45) is 0 Å². The van der Waals surface area contributed by atoms with Crippen LogP contribution in [0.4, 0.5) is 34.1 Å². The van der Waals surface area contributed by atoms with E-state index in [-0.39, 0.29) is 6.71 Å². The minimum absolute atomic E-state index is 0.185. The van der Waals surface area contributed by atoms with Crippen molar-refractivity contribution in [3.05, 3.63) is 279 Å². The van der Waals surface area contributed by atoms with Gasteiger partial charge in [-0.3, -0.25) is 0 Å². The Morgan fingerprint density at radius 1 is 0.238 bits per heavy atom. The van der Waals surface area contributed by atoms with E-state index in [1.54, 1.807) is 0 Å². The number of benzene rings is 13. The second kappa shape index (κ2) is 16.3. The molecule has 0 aliphatic carbocycles. The first-order valence-electron chi connectivity index (χ1n) is 29.2. The van der Waals surface area contributed by atoms with Gasteiger partial charge in [-0.05, 0) is 88.2 Å². The average Bonchev–Trinajstić information content (AvgIpc) is 1.27. The Morgan fingerprint density at radius 2 is 0.595 bits per heavy atom. The van der Waals surface area contributed by atoms with Gasteiger partial charge in [-0.2, -0.15) is 0 Å². The van der Waals surface area contributed by atoms with Gasteiger partial charge in [0.05, 0.1) is 61.2 Å². The number of hydrogen-bond acceptors (Lipinski definition) is 2. The monoisotopic (exact) mass is 1060 g/mol. The first kappa shape index (κ1) is 44.6. The number of nitrogens with zero attached hydrogens (tertiary/aromatic N) is 5. The minimum Gasteiger partial charge on any atom is -0.311 e. The summed E-state index contributed by atoms with van der Waals surface area (Å²) < 4.78 is 7.62. The second-order valence-corrected chi connectivity index (χ2v) is 23.1. The van der Waals surface area contributed by atoms with E-state index in [4.69, 9.17) is 0 Å². The maximum absolute atomic E-state index is 2.65. The summed E-state index contributed by atoms with van der Waals surface area (Å²) in [5.74, 6) is 0. The van der Waals surface area contributed by atoms with Crippen LogP contribution in [0.1, 0.15) is 0 Å². The quantitative estimate of drug-likeness (QED) is 0.160. The van der Waals surface area contributed by atoms with E-state index in [2.05, 4.69) is 302 Å². The third-order valence-corrected chi connectivity index (χ3v) is 19.0. The minimum atomic E-state index is -0.185. The van der Waals surface area contributed by atoms with Crippen molar-refractivity contribution in [3.8, 4) is 27.9 Å². The summed E-state index contributed by atoms with van der Waals surface area (Å²) in [6.45, 7) is -0.185. The lowest BCUT2D eigenvalue weighted by atomic mass is 9.33. The largest absolute Gasteiger partial charge is 0.311 e. The van der Waals surface area contributed by atoms with Crippen LogP contribution in [0, 0.1) is 0 Å². The van der Waals surface area contributed by atoms with Crippen LogP contribution in [-0.2, 0) is 0 Å². The zero-order chi connectivity index (χ0) is 54.5. The van der Waals surface area contributed by atoms with Gasteiger partial charge in [0.15, 0.2) is 0 Å². The number of para-hydroxylation sites is 8. The second-order valence-electron chi connectivity index (χ2n) is 23.1. The number of anilines is 6. The van der Waals surface area contributed by atoms with Crippen molar-refractivity contribution in [2.45, 2.75) is 0 Å². The highest BCUT2D eigenvalue weighted by Crippen LogP contribution is 2.52. The van der Waals surface area contributed by atoms with Crippen molar-refractivity contribution in [2.75, 3.05) is 9.80 Å². The molecule has 0 radical (unpaired) electrons. The van der Waals surface area contributed by atoms with Gasteiger partial charge >= 0.3 is 0 Å². The van der Waals surface area contributed by atoms with Crippen LogP contribution < -0.4 is 26.2 Å². The molecular formula is C78H46BN5. The Hall–Kier alpha value is -11.1. The molecule has 84 heavy (non-hydrogen) atoms. The van der Waals surface area contributed by atoms with E-state index in [0.29, 0.717) is 0 Å². The highest BCUT2D eigenvalue weighted by atomic mass is 15.2. The summed E-state index contributed by atoms with van der Waals surface area (Å²) in [4.78, 5) is 5.30. The zero-order valence-electron chi connectivity index (χ0n) is 45.4. The predicted molar refractivity (Wildman–Crippen MR) is 355 cm³/mol. The molecular weight excluding hydrogens is 1020 g/mol. The van der Waals surface area contributed by atoms with Crippen LogP contribution in [0.3, 0.4) is 0 Å². The summed E-state index contributed by atoms with van der Waals surface area (Å²) >= 11 is 0. The third-order valence-electron chi connectivity index (χ3n) is 19.0. The molecule has 0 N–H and O–H groups in total. The van der Waals surface area contributed by atoms with E-state index in [9.17, 15) is 0 Å². The van der Waals surface area contributed by atoms with Crippen molar-refractivity contribution in [3.63, 3.8) is 0 Å². The summed E-state index contributed by atoms with van der Waals surface area (Å²) in [7, 11) is 0. The van der Waals surface area contributed by atoms with Gasteiger partial charge in [-0.25, -0.2) is 0 Å². The molecule has 0 amide bonds. The molecule has 20 rings (SSSR count). The Labute approximate surface area is 482 Å². The molecule has 13 aromatic carbocycles. The summed E-state index contributed by atoms with van der Waals surface area (Å²) in [6, 6.07) is 105. The van der Waals surface area contributed by atoms with E-state index >= 15 is 0 Å². The molecule has 5 nitrogen and oxygen atoms in total. The van der Waals surface area contributed by atoms with E-state index in [1.165, 1.54) is 148 Å². The average molecular weight is 1060 g/mol. The summed E-state index contributed by atoms with van der Waals surface area (Å²) in [6.07, 6.45) is 0. The van der Waals surface area contributed by atoms with Crippen molar-refractivity contribution >= 4 is 155 Å². The normalized spacial score (nSPS) is 13.2. The highest BCUT2D eigenvalue weighted by Gasteiger charge is 2.46. The van der Waals surface area contributed by atoms with Crippen LogP contribution in [-0.4, -0.2) is 20.1 Å². The molecule has 0 atom stereocenters. The SMILES string of the molecule is c1ccc(-c2ccccc2N2c3cc4c(cc3B3c5cc6c7cccc8c9ccccc9n(c6cc5N(c5ccccc5-c5ccccc5)c5cc(-n6c9ccccc9c9ccccc96)cc2c53)c87)c2cccc3c5ccccc5n4c32)cc1. The molecule has 6 heteroatoms. The summed E-state index contributed by atoms with van der Waals surface area (Å²) in [5, 5.41) is 12.6. The molecule has 7 heterocycles. The fourth-order valence-electron chi connectivity index (χ4n) is 15.7. The van der Waals surface area contributed by atoms with Crippen molar-refractivity contribution in [1.82, 2.24) is 13.4 Å². The Bertz CT molecular complexity index is 5480. The number of rotatable bonds is 5. The van der Waals surface area contributed by atoms with Crippen LogP contribution in [0.15, 0.2) is 279 Å². The van der Waals surface area contributed by atoms with Gasteiger partial charge in [0.2, 0.25) is 0 Å². The number of aromatic nitrogens is 3. The molecule has 2 aliphatic rings. The van der Waals surface area contributed by atoms with Gasteiger partial charge in [0, 0.05) is 87.7 Å². The van der Waals surface area contributed by atoms with E-state index in [1.807, 2.05) is 0 Å². The third kappa shape index (κ3) is 5.69. The van der Waals surface area contributed by atoms with Crippen LogP contribution >= 0.6 is 0 Å². The lowest BCUT2D eigenvalue weighted by molar-refractivity contribution is 1.16. The Morgan fingerprint density at radius 3 is 1.05 bits per heavy atom. The maximum Gasteiger partial charge on any atom is 0.252 e. The fraction of sp³-hybridized carbons (Fsp3) is 0. The molecule has 0 spiro atoms. The highest BCUT2D eigenvalue weighted by molar-refractivity contribution is 7.00. The molecule has 0 fully saturated rings. The van der Waals surface area contributed by atoms with Gasteiger partial charge in [-0.15, -0.1) is 0 Å². The van der Waals surface area contributed by atoms with Crippen molar-refractivity contribution < 1.29 is 0 Å². The molecule has 5 aromatic heterocycles. The topological polar surface area (TPSA) is 20.2 Å². The molecule has 386 valence electrons. The van der Waals surface area contributed by atoms with Gasteiger partial charge in [0.1, 0.15) is 0 Å². The smallest absolute Gasteiger partial charge is 0.252 e. The lowest BCUT2D eigenvalue weighted by Crippen LogP contribution is -2.61. The predicted octanol–water partition coefficient (Wildman–Crippen LogP) is 18.5. The first-order valence-corrected chi connectivity index (χ1v) is 29.2. The molecule has 0 saturated carbocycles. The summed E-state index contributed by atoms with van der Waals surface area (Å²) in [5.41, 5.74) is 26.2. The lowest BCUT2D eigenvalue weighted by Gasteiger charge is -2.45. The molecule has 0 unspecified atom stereocenters. The van der Waals surface area contributed by atoms with E-state index in [0.717, 1.165) is 28.4 Å². The maximum atomic E-state index is 2.65. The van der Waals surface area contributed by atoms with E-state index < -0.39 is 0 Å². The molecule has 0 bridgehead atoms. The number of fused-ring (bicyclic) bond motifs is 19. The van der Waals surface area contributed by atoms with Gasteiger partial charge in [-0.1, -0.05) is 218 Å². The standard InChI is InChI=1S/C78H46BN5/c1-3-21-47(22-4-1)50-25-7-13-35-64(50)81-72-45-70-60(58-33-19-31-56-54-29-11-17-39-68(54)83(70)77(56)58)43-62(72)79-63-44-61-59-34-20-32-57-55-30-12-18-40-69(55)84(78(57)59)71(61)46-73(63)82(65-36-14-8-26-51(65)48-23-5-2-6-24-48)75-42-49(41-74(81)76(75)79)80-66-37-15-9-27-52(66)53-28-10-16-38-67(53)80/h1-46H. The molecule has 2 aliphatic heterocycles. The number of hydrogen-bond donors (Lipinski definition) is 0. The molecule has 18 aromatic rings. The van der Waals surface area contributed by atoms with Gasteiger partial charge < -0.3 is 23.2 Å². The Kier molecular flexibility index (Phi) is 8.67. The van der Waals surface area contributed by atoms with Crippen LogP contribution in [0.25, 0.3) is 126 Å². The molecule has 0 saturated heterocycles. The van der Waals surface area contributed by atoms with Crippen LogP contribution in [0.2, 0.25) is 0 Å². The van der Waals surface area contributed by atoms with Crippen molar-refractivity contribution in [1.29, 1.82) is 0 Å². The van der Waals surface area contributed by atoms with Crippen LogP contribution in [0.5, 0.6) is 0 Å². The fourth-order valence-corrected chi connectivity index (χ4v) is 15.7. The first-order chi connectivity index (χ1) is 41.7. The zero-order valence-corrected chi connectivity index (χ0v) is 45.4.